The van der Waals surface area contributed by atoms with Crippen molar-refractivity contribution in [2.75, 3.05) is 18.6 Å². The maximum atomic E-state index is 12.2. The summed E-state index contributed by atoms with van der Waals surface area (Å²) in [6.45, 7) is 1.52. The van der Waals surface area contributed by atoms with Crippen molar-refractivity contribution in [1.29, 1.82) is 0 Å². The monoisotopic (exact) mass is 307 g/mol. The molecule has 1 aromatic heterocycles. The van der Waals surface area contributed by atoms with Gasteiger partial charge in [-0.25, -0.2) is 4.98 Å². The number of para-hydroxylation sites is 1. The lowest BCUT2D eigenvalue weighted by Crippen LogP contribution is -2.33. The minimum absolute atomic E-state index is 0.0953. The van der Waals surface area contributed by atoms with Crippen LogP contribution in [0.15, 0.2) is 47.3 Å². The second kappa shape index (κ2) is 5.43. The topological polar surface area (TPSA) is 58.2 Å². The second-order valence-corrected chi connectivity index (χ2v) is 5.68. The Bertz CT molecular complexity index is 933. The highest BCUT2D eigenvalue weighted by Crippen LogP contribution is 2.29. The van der Waals surface area contributed by atoms with Crippen LogP contribution in [0.5, 0.6) is 5.75 Å². The van der Waals surface area contributed by atoms with E-state index in [4.69, 9.17) is 4.74 Å². The quantitative estimate of drug-likeness (QED) is 0.790. The molecule has 3 aromatic rings. The smallest absolute Gasteiger partial charge is 0.260 e. The van der Waals surface area contributed by atoms with Gasteiger partial charge < -0.3 is 9.64 Å². The maximum absolute atomic E-state index is 12.2. The Labute approximate surface area is 133 Å². The molecule has 1 N–H and O–H groups in total. The predicted molar refractivity (Wildman–Crippen MR) is 90.1 cm³/mol. The third-order valence-corrected chi connectivity index (χ3v) is 4.34. The number of methoxy groups -OCH3 is 1. The highest BCUT2D eigenvalue weighted by atomic mass is 16.5. The van der Waals surface area contributed by atoms with Gasteiger partial charge in [-0.3, -0.25) is 9.78 Å². The van der Waals surface area contributed by atoms with Crippen LogP contribution in [0.1, 0.15) is 11.1 Å². The van der Waals surface area contributed by atoms with E-state index in [0.29, 0.717) is 17.9 Å². The molecule has 2 aromatic carbocycles. The van der Waals surface area contributed by atoms with Crippen molar-refractivity contribution in [1.82, 2.24) is 9.97 Å². The Morgan fingerprint density at radius 3 is 2.91 bits per heavy atom. The number of ether oxygens (including phenoxy) is 1. The van der Waals surface area contributed by atoms with Gasteiger partial charge in [0.15, 0.2) is 0 Å². The van der Waals surface area contributed by atoms with Crippen LogP contribution in [0.4, 0.5) is 5.95 Å². The Hall–Kier alpha value is -2.82. The van der Waals surface area contributed by atoms with Crippen LogP contribution in [0.2, 0.25) is 0 Å². The SMILES string of the molecule is COc1cccc2c1CCN(c1nc3ccccc3c(=O)[nH]1)C2. The van der Waals surface area contributed by atoms with Gasteiger partial charge in [-0.05, 0) is 30.2 Å². The van der Waals surface area contributed by atoms with Gasteiger partial charge in [0.1, 0.15) is 5.75 Å². The molecule has 5 nitrogen and oxygen atoms in total. The average Bonchev–Trinajstić information content (AvgIpc) is 2.60. The van der Waals surface area contributed by atoms with Gasteiger partial charge >= 0.3 is 0 Å². The molecule has 0 saturated heterocycles. The Balaban J connectivity index is 1.74. The number of nitrogens with one attached hydrogen (secondary N) is 1. The lowest BCUT2D eigenvalue weighted by molar-refractivity contribution is 0.407. The van der Waals surface area contributed by atoms with Crippen LogP contribution >= 0.6 is 0 Å². The molecule has 116 valence electrons. The van der Waals surface area contributed by atoms with E-state index in [1.54, 1.807) is 13.2 Å². The molecule has 0 unspecified atom stereocenters. The molecule has 0 spiro atoms. The molecule has 0 saturated carbocycles. The summed E-state index contributed by atoms with van der Waals surface area (Å²) in [6.07, 6.45) is 0.871. The summed E-state index contributed by atoms with van der Waals surface area (Å²) in [4.78, 5) is 21.9. The first-order valence-electron chi connectivity index (χ1n) is 7.65. The number of rotatable bonds is 2. The highest BCUT2D eigenvalue weighted by molar-refractivity contribution is 5.78. The molecular formula is C18H17N3O2. The molecule has 4 rings (SSSR count). The van der Waals surface area contributed by atoms with Crippen LogP contribution in [0.25, 0.3) is 10.9 Å². The van der Waals surface area contributed by atoms with Crippen molar-refractivity contribution in [2.24, 2.45) is 0 Å². The van der Waals surface area contributed by atoms with Gasteiger partial charge in [0.05, 0.1) is 18.0 Å². The fourth-order valence-electron chi connectivity index (χ4n) is 3.17. The number of fused-ring (bicyclic) bond motifs is 2. The molecule has 2 heterocycles. The molecule has 0 atom stereocenters. The molecule has 5 heteroatoms. The number of anilines is 1. The van der Waals surface area contributed by atoms with Crippen LogP contribution in [-0.4, -0.2) is 23.6 Å². The zero-order valence-electron chi connectivity index (χ0n) is 12.9. The summed E-state index contributed by atoms with van der Waals surface area (Å²) < 4.78 is 5.44. The largest absolute Gasteiger partial charge is 0.496 e. The standard InChI is InChI=1S/C18H17N3O2/c1-23-16-8-4-5-12-11-21(10-9-13(12)16)18-19-15-7-3-2-6-14(15)17(22)20-18/h2-8H,9-11H2,1H3,(H,19,20,22). The van der Waals surface area contributed by atoms with Crippen molar-refractivity contribution in [3.8, 4) is 5.75 Å². The molecule has 0 radical (unpaired) electrons. The van der Waals surface area contributed by atoms with Crippen LogP contribution in [0, 0.1) is 0 Å². The number of aromatic amines is 1. The van der Waals surface area contributed by atoms with Crippen molar-refractivity contribution in [3.05, 3.63) is 63.9 Å². The van der Waals surface area contributed by atoms with E-state index in [0.717, 1.165) is 24.2 Å². The number of nitrogens with zero attached hydrogens (tertiary/aromatic N) is 2. The van der Waals surface area contributed by atoms with Gasteiger partial charge in [-0.15, -0.1) is 0 Å². The molecule has 0 amide bonds. The first-order valence-corrected chi connectivity index (χ1v) is 7.65. The third kappa shape index (κ3) is 2.34. The minimum atomic E-state index is -0.0953. The summed E-state index contributed by atoms with van der Waals surface area (Å²) in [6, 6.07) is 13.5. The summed E-state index contributed by atoms with van der Waals surface area (Å²) in [5.41, 5.74) is 3.09. The van der Waals surface area contributed by atoms with E-state index >= 15 is 0 Å². The lowest BCUT2D eigenvalue weighted by Gasteiger charge is -2.30. The second-order valence-electron chi connectivity index (χ2n) is 5.68. The maximum Gasteiger partial charge on any atom is 0.260 e. The molecular weight excluding hydrogens is 290 g/mol. The van der Waals surface area contributed by atoms with E-state index in [1.807, 2.05) is 30.3 Å². The summed E-state index contributed by atoms with van der Waals surface area (Å²) in [5.74, 6) is 1.56. The van der Waals surface area contributed by atoms with Gasteiger partial charge in [0, 0.05) is 18.7 Å². The molecule has 23 heavy (non-hydrogen) atoms. The number of hydrogen-bond donors (Lipinski definition) is 1. The molecule has 0 aliphatic carbocycles. The summed E-state index contributed by atoms with van der Waals surface area (Å²) in [5, 5.41) is 0.621. The van der Waals surface area contributed by atoms with Crippen molar-refractivity contribution < 1.29 is 4.74 Å². The first kappa shape index (κ1) is 13.8. The van der Waals surface area contributed by atoms with Crippen molar-refractivity contribution in [2.45, 2.75) is 13.0 Å². The van der Waals surface area contributed by atoms with Crippen LogP contribution < -0.4 is 15.2 Å². The highest BCUT2D eigenvalue weighted by Gasteiger charge is 2.21. The molecule has 1 aliphatic rings. The van der Waals surface area contributed by atoms with Crippen LogP contribution in [-0.2, 0) is 13.0 Å². The van der Waals surface area contributed by atoms with E-state index in [-0.39, 0.29) is 5.56 Å². The predicted octanol–water partition coefficient (Wildman–Crippen LogP) is 2.49. The lowest BCUT2D eigenvalue weighted by atomic mass is 9.99. The Morgan fingerprint density at radius 1 is 1.17 bits per heavy atom. The first-order chi connectivity index (χ1) is 11.3. The fourth-order valence-corrected chi connectivity index (χ4v) is 3.17. The summed E-state index contributed by atoms with van der Waals surface area (Å²) >= 11 is 0. The Kier molecular flexibility index (Phi) is 3.26. The van der Waals surface area contributed by atoms with Gasteiger partial charge in [0.25, 0.3) is 5.56 Å². The van der Waals surface area contributed by atoms with Crippen molar-refractivity contribution in [3.63, 3.8) is 0 Å². The normalized spacial score (nSPS) is 13.9. The fraction of sp³-hybridized carbons (Fsp3) is 0.222. The number of aromatic nitrogens is 2. The number of H-pyrrole nitrogens is 1. The molecule has 1 aliphatic heterocycles. The van der Waals surface area contributed by atoms with Crippen molar-refractivity contribution >= 4 is 16.9 Å². The average molecular weight is 307 g/mol. The molecule has 0 fully saturated rings. The number of hydrogen-bond acceptors (Lipinski definition) is 4. The third-order valence-electron chi connectivity index (χ3n) is 4.34. The minimum Gasteiger partial charge on any atom is -0.496 e. The van der Waals surface area contributed by atoms with E-state index in [1.165, 1.54) is 11.1 Å². The zero-order chi connectivity index (χ0) is 15.8. The Morgan fingerprint density at radius 2 is 2.04 bits per heavy atom. The molecule has 0 bridgehead atoms. The number of benzene rings is 2. The van der Waals surface area contributed by atoms with Gasteiger partial charge in [0.2, 0.25) is 5.95 Å². The van der Waals surface area contributed by atoms with Crippen LogP contribution in [0.3, 0.4) is 0 Å². The zero-order valence-corrected chi connectivity index (χ0v) is 12.9. The van der Waals surface area contributed by atoms with Gasteiger partial charge in [-0.2, -0.15) is 0 Å². The van der Waals surface area contributed by atoms with E-state index in [9.17, 15) is 4.79 Å². The summed E-state index contributed by atoms with van der Waals surface area (Å²) in [7, 11) is 1.70. The van der Waals surface area contributed by atoms with Gasteiger partial charge in [-0.1, -0.05) is 24.3 Å². The van der Waals surface area contributed by atoms with E-state index < -0.39 is 0 Å². The van der Waals surface area contributed by atoms with E-state index in [2.05, 4.69) is 20.9 Å².